The number of carbonyl (C=O) groups is 1. The van der Waals surface area contributed by atoms with E-state index in [-0.39, 0.29) is 5.91 Å². The van der Waals surface area contributed by atoms with Gasteiger partial charge in [0.1, 0.15) is 47.2 Å². The maximum atomic E-state index is 12.8. The van der Waals surface area contributed by atoms with Crippen molar-refractivity contribution in [1.29, 1.82) is 0 Å². The summed E-state index contributed by atoms with van der Waals surface area (Å²) >= 11 is 3.21. The molecule has 0 atom stereocenters. The van der Waals surface area contributed by atoms with E-state index in [9.17, 15) is 4.79 Å². The van der Waals surface area contributed by atoms with Crippen molar-refractivity contribution in [3.63, 3.8) is 0 Å². The topological polar surface area (TPSA) is 163 Å². The lowest BCUT2D eigenvalue weighted by Crippen LogP contribution is -2.21. The highest BCUT2D eigenvalue weighted by Gasteiger charge is 2.24. The second-order valence-electron chi connectivity index (χ2n) is 13.5. The summed E-state index contributed by atoms with van der Waals surface area (Å²) in [5.74, 6) is 2.28. The number of H-pyrrole nitrogens is 2. The van der Waals surface area contributed by atoms with Gasteiger partial charge in [0.2, 0.25) is 0 Å². The molecule has 0 radical (unpaired) electrons. The Hall–Kier alpha value is -7.17. The van der Waals surface area contributed by atoms with Crippen LogP contribution in [0.5, 0.6) is 11.5 Å². The molecule has 14 nitrogen and oxygen atoms in total. The average Bonchev–Trinajstić information content (AvgIpc) is 4.10. The van der Waals surface area contributed by atoms with Gasteiger partial charge in [-0.2, -0.15) is 21.5 Å². The molecule has 1 amide bonds. The minimum absolute atomic E-state index is 0.132. The molecule has 9 aromatic rings. The van der Waals surface area contributed by atoms with Crippen molar-refractivity contribution in [2.24, 2.45) is 0 Å². The van der Waals surface area contributed by atoms with Crippen molar-refractivity contribution in [3.8, 4) is 55.6 Å². The molecule has 16 heteroatoms. The Labute approximate surface area is 340 Å². The molecule has 0 spiro atoms. The molecule has 0 aliphatic heterocycles. The highest BCUT2D eigenvalue weighted by Crippen LogP contribution is 2.47. The van der Waals surface area contributed by atoms with Crippen molar-refractivity contribution in [3.05, 3.63) is 107 Å². The molecular weight excluding hydrogens is 771 g/mol. The van der Waals surface area contributed by atoms with Gasteiger partial charge in [0.15, 0.2) is 11.3 Å². The molecule has 0 unspecified atom stereocenters. The van der Waals surface area contributed by atoms with Crippen LogP contribution in [0.2, 0.25) is 0 Å². The van der Waals surface area contributed by atoms with E-state index in [1.165, 1.54) is 11.2 Å². The van der Waals surface area contributed by atoms with E-state index in [1.807, 2.05) is 41.6 Å². The third kappa shape index (κ3) is 6.43. The van der Waals surface area contributed by atoms with Crippen molar-refractivity contribution >= 4 is 73.7 Å². The van der Waals surface area contributed by atoms with Crippen LogP contribution in [0.15, 0.2) is 102 Å². The van der Waals surface area contributed by atoms with Crippen molar-refractivity contribution in [1.82, 2.24) is 45.2 Å². The zero-order valence-electron chi connectivity index (χ0n) is 31.9. The molecule has 0 saturated heterocycles. The van der Waals surface area contributed by atoms with Crippen LogP contribution in [-0.2, 0) is 0 Å². The first-order chi connectivity index (χ1) is 28.3. The summed E-state index contributed by atoms with van der Waals surface area (Å²) in [6, 6.07) is 23.9. The van der Waals surface area contributed by atoms with E-state index in [0.717, 1.165) is 49.5 Å². The molecule has 0 aliphatic carbocycles. The highest BCUT2D eigenvalue weighted by atomic mass is 32.1. The standard InChI is InChI=1S/C42H35N11O3S2/c1-52(2)42(54)24-11-12-31(55-4)29(15-24)47-38-34-37(49-50-39(34)44-21-43-38)26-16-33(58-20-26)28-18-32(56-5)30(17-27(28)23-9-7-6-8-10-23)53(3)41-35-36(25-13-14-57-19-25)48-51-40(35)45-22-46-41/h6-22H,1-5H3,(H,45,46,48,51)(H2,43,44,47,49,50). The maximum absolute atomic E-state index is 12.8. The average molecular weight is 806 g/mol. The van der Waals surface area contributed by atoms with Crippen LogP contribution in [0.25, 0.3) is 66.1 Å². The van der Waals surface area contributed by atoms with Gasteiger partial charge in [-0.15, -0.1) is 11.3 Å². The van der Waals surface area contributed by atoms with Gasteiger partial charge in [-0.05, 0) is 59.0 Å². The number of fused-ring (bicyclic) bond motifs is 2. The molecular formula is C42H35N11O3S2. The van der Waals surface area contributed by atoms with E-state index in [1.54, 1.807) is 75.5 Å². The quantitative estimate of drug-likeness (QED) is 0.114. The van der Waals surface area contributed by atoms with E-state index in [2.05, 4.69) is 76.7 Å². The third-order valence-corrected chi connectivity index (χ3v) is 11.5. The lowest BCUT2D eigenvalue weighted by atomic mass is 9.96. The molecule has 0 bridgehead atoms. The molecule has 288 valence electrons. The molecule has 6 aromatic heterocycles. The number of aromatic amines is 2. The van der Waals surface area contributed by atoms with Crippen LogP contribution in [0.4, 0.5) is 23.0 Å². The second kappa shape index (κ2) is 15.1. The van der Waals surface area contributed by atoms with Crippen LogP contribution >= 0.6 is 22.7 Å². The SMILES string of the molecule is COc1ccc(C(=O)N(C)C)cc1Nc1ncnc2[nH]nc(-c3csc(-c4cc(OC)c(N(C)c5ncnc6[nH]nc(-c7ccsc7)c56)cc4-c4ccccc4)c3)c12. The number of hydrogen-bond acceptors (Lipinski definition) is 13. The van der Waals surface area contributed by atoms with Gasteiger partial charge in [-0.25, -0.2) is 19.9 Å². The number of amides is 1. The first kappa shape index (κ1) is 36.5. The number of nitrogens with zero attached hydrogens (tertiary/aromatic N) is 8. The van der Waals surface area contributed by atoms with Gasteiger partial charge in [0.25, 0.3) is 5.91 Å². The molecule has 0 saturated carbocycles. The summed E-state index contributed by atoms with van der Waals surface area (Å²) in [6.07, 6.45) is 3.01. The van der Waals surface area contributed by atoms with Gasteiger partial charge in [-0.1, -0.05) is 30.3 Å². The van der Waals surface area contributed by atoms with Gasteiger partial charge in [0, 0.05) is 59.0 Å². The highest BCUT2D eigenvalue weighted by molar-refractivity contribution is 7.14. The van der Waals surface area contributed by atoms with E-state index in [0.29, 0.717) is 56.8 Å². The number of ether oxygens (including phenoxy) is 2. The zero-order valence-corrected chi connectivity index (χ0v) is 33.6. The van der Waals surface area contributed by atoms with E-state index in [4.69, 9.17) is 19.6 Å². The van der Waals surface area contributed by atoms with E-state index >= 15 is 0 Å². The van der Waals surface area contributed by atoms with Gasteiger partial charge < -0.3 is 24.6 Å². The fourth-order valence-corrected chi connectivity index (χ4v) is 8.53. The molecule has 58 heavy (non-hydrogen) atoms. The first-order valence-electron chi connectivity index (χ1n) is 18.0. The number of carbonyl (C=O) groups excluding carboxylic acids is 1. The summed E-state index contributed by atoms with van der Waals surface area (Å²) in [6.45, 7) is 0. The lowest BCUT2D eigenvalue weighted by Gasteiger charge is -2.24. The Kier molecular flexibility index (Phi) is 9.47. The minimum Gasteiger partial charge on any atom is -0.495 e. The maximum Gasteiger partial charge on any atom is 0.253 e. The van der Waals surface area contributed by atoms with Crippen LogP contribution < -0.4 is 19.7 Å². The Balaban J connectivity index is 1.14. The Morgan fingerprint density at radius 2 is 1.47 bits per heavy atom. The summed E-state index contributed by atoms with van der Waals surface area (Å²) in [4.78, 5) is 35.7. The molecule has 3 aromatic carbocycles. The third-order valence-electron chi connectivity index (χ3n) is 9.82. The molecule has 6 heterocycles. The first-order valence-corrected chi connectivity index (χ1v) is 19.8. The molecule has 0 aliphatic rings. The van der Waals surface area contributed by atoms with Crippen molar-refractivity contribution in [2.75, 3.05) is 45.6 Å². The number of thiophene rings is 2. The number of methoxy groups -OCH3 is 2. The summed E-state index contributed by atoms with van der Waals surface area (Å²) in [5.41, 5.74) is 9.43. The van der Waals surface area contributed by atoms with Gasteiger partial charge >= 0.3 is 0 Å². The fraction of sp³-hybridized carbons (Fsp3) is 0.119. The molecule has 3 N–H and O–H groups in total. The van der Waals surface area contributed by atoms with Crippen molar-refractivity contribution in [2.45, 2.75) is 0 Å². The molecule has 0 fully saturated rings. The lowest BCUT2D eigenvalue weighted by molar-refractivity contribution is 0.0827. The number of anilines is 4. The second-order valence-corrected chi connectivity index (χ2v) is 15.1. The van der Waals surface area contributed by atoms with Gasteiger partial charge in [-0.3, -0.25) is 15.0 Å². The normalized spacial score (nSPS) is 11.3. The number of rotatable bonds is 11. The largest absolute Gasteiger partial charge is 0.495 e. The Bertz CT molecular complexity index is 2940. The van der Waals surface area contributed by atoms with Crippen LogP contribution in [0.3, 0.4) is 0 Å². The summed E-state index contributed by atoms with van der Waals surface area (Å²) in [5, 5.41) is 26.5. The summed E-state index contributed by atoms with van der Waals surface area (Å²) < 4.78 is 11.8. The predicted octanol–water partition coefficient (Wildman–Crippen LogP) is 9.04. The minimum atomic E-state index is -0.132. The van der Waals surface area contributed by atoms with Crippen LogP contribution in [0.1, 0.15) is 10.4 Å². The van der Waals surface area contributed by atoms with Crippen LogP contribution in [-0.4, -0.2) is 86.5 Å². The van der Waals surface area contributed by atoms with Crippen LogP contribution in [0, 0.1) is 0 Å². The Morgan fingerprint density at radius 3 is 2.19 bits per heavy atom. The number of hydrogen-bond donors (Lipinski definition) is 3. The fourth-order valence-electron chi connectivity index (χ4n) is 6.96. The van der Waals surface area contributed by atoms with E-state index < -0.39 is 0 Å². The Morgan fingerprint density at radius 1 is 0.724 bits per heavy atom. The zero-order chi connectivity index (χ0) is 39.9. The molecule has 9 rings (SSSR count). The summed E-state index contributed by atoms with van der Waals surface area (Å²) in [7, 11) is 8.66. The van der Waals surface area contributed by atoms with Crippen molar-refractivity contribution < 1.29 is 14.3 Å². The number of benzene rings is 3. The number of nitrogens with one attached hydrogen (secondary N) is 3. The smallest absolute Gasteiger partial charge is 0.253 e. The van der Waals surface area contributed by atoms with Gasteiger partial charge in [0.05, 0.1) is 36.4 Å². The monoisotopic (exact) mass is 805 g/mol. The number of aromatic nitrogens is 8. The predicted molar refractivity (Wildman–Crippen MR) is 230 cm³/mol.